The molecule has 1 aliphatic carbocycles. The Morgan fingerprint density at radius 1 is 1.05 bits per heavy atom. The van der Waals surface area contributed by atoms with Crippen LogP contribution < -0.4 is 5.43 Å². The van der Waals surface area contributed by atoms with Crippen LogP contribution in [0.5, 0.6) is 0 Å². The molecular formula is C15H12Cl2N2O3. The zero-order valence-corrected chi connectivity index (χ0v) is 12.9. The van der Waals surface area contributed by atoms with Gasteiger partial charge in [-0.3, -0.25) is 19.8 Å². The van der Waals surface area contributed by atoms with Crippen LogP contribution in [0.15, 0.2) is 30.4 Å². The number of benzene rings is 1. The summed E-state index contributed by atoms with van der Waals surface area (Å²) in [5.41, 5.74) is 2.59. The van der Waals surface area contributed by atoms with Gasteiger partial charge in [0.1, 0.15) is 0 Å². The fraction of sp³-hybridized carbons (Fsp3) is 0.267. The van der Waals surface area contributed by atoms with Crippen molar-refractivity contribution in [3.63, 3.8) is 0 Å². The van der Waals surface area contributed by atoms with Crippen LogP contribution in [0.3, 0.4) is 0 Å². The molecule has 1 aromatic rings. The number of amides is 3. The number of halogens is 2. The molecular weight excluding hydrogens is 327 g/mol. The lowest BCUT2D eigenvalue weighted by Gasteiger charge is -2.16. The van der Waals surface area contributed by atoms with E-state index in [1.54, 1.807) is 0 Å². The van der Waals surface area contributed by atoms with Gasteiger partial charge < -0.3 is 0 Å². The van der Waals surface area contributed by atoms with Gasteiger partial charge in [-0.05, 0) is 31.0 Å². The fourth-order valence-corrected chi connectivity index (χ4v) is 3.01. The zero-order valence-electron chi connectivity index (χ0n) is 11.4. The van der Waals surface area contributed by atoms with Crippen LogP contribution in [0.1, 0.15) is 23.2 Å². The summed E-state index contributed by atoms with van der Waals surface area (Å²) in [7, 11) is 0. The predicted octanol–water partition coefficient (Wildman–Crippen LogP) is 2.59. The molecule has 1 N–H and O–H groups in total. The third kappa shape index (κ3) is 2.51. The van der Waals surface area contributed by atoms with Crippen molar-refractivity contribution < 1.29 is 14.4 Å². The summed E-state index contributed by atoms with van der Waals surface area (Å²) in [4.78, 5) is 36.7. The number of hydrogen-bond donors (Lipinski definition) is 1. The molecule has 1 heterocycles. The molecule has 1 aliphatic heterocycles. The van der Waals surface area contributed by atoms with E-state index in [2.05, 4.69) is 5.43 Å². The summed E-state index contributed by atoms with van der Waals surface area (Å²) in [5.74, 6) is -2.08. The summed E-state index contributed by atoms with van der Waals surface area (Å²) in [6.07, 6.45) is 4.82. The van der Waals surface area contributed by atoms with Crippen molar-refractivity contribution in [2.75, 3.05) is 0 Å². The number of hydrogen-bond acceptors (Lipinski definition) is 3. The largest absolute Gasteiger partial charge is 0.272 e. The first-order valence-electron chi connectivity index (χ1n) is 6.78. The third-order valence-corrected chi connectivity index (χ3v) is 4.64. The van der Waals surface area contributed by atoms with Crippen LogP contribution in [0.25, 0.3) is 0 Å². The first kappa shape index (κ1) is 15.1. The Labute approximate surface area is 136 Å². The minimum Gasteiger partial charge on any atom is -0.272 e. The predicted molar refractivity (Wildman–Crippen MR) is 81.1 cm³/mol. The number of hydrazine groups is 1. The number of carbonyl (C=O) groups is 3. The van der Waals surface area contributed by atoms with E-state index in [4.69, 9.17) is 23.2 Å². The molecule has 1 aromatic carbocycles. The van der Waals surface area contributed by atoms with Gasteiger partial charge in [0.2, 0.25) is 0 Å². The van der Waals surface area contributed by atoms with Crippen molar-refractivity contribution in [2.24, 2.45) is 11.8 Å². The van der Waals surface area contributed by atoms with Crippen molar-refractivity contribution >= 4 is 40.9 Å². The molecule has 1 saturated heterocycles. The summed E-state index contributed by atoms with van der Waals surface area (Å²) in [6.45, 7) is 0. The maximum atomic E-state index is 12.2. The molecule has 5 nitrogen and oxygen atoms in total. The van der Waals surface area contributed by atoms with E-state index in [0.717, 1.165) is 5.01 Å². The quantitative estimate of drug-likeness (QED) is 0.665. The van der Waals surface area contributed by atoms with Gasteiger partial charge in [0.05, 0.1) is 21.9 Å². The topological polar surface area (TPSA) is 66.5 Å². The van der Waals surface area contributed by atoms with E-state index in [9.17, 15) is 14.4 Å². The SMILES string of the molecule is O=C(NN1C(=O)[C@H]2CC=CC[C@H]2C1=O)c1ccc(Cl)c(Cl)c1. The van der Waals surface area contributed by atoms with Crippen molar-refractivity contribution in [1.29, 1.82) is 0 Å². The van der Waals surface area contributed by atoms with Crippen LogP contribution in [-0.2, 0) is 9.59 Å². The molecule has 0 aromatic heterocycles. The highest BCUT2D eigenvalue weighted by Gasteiger charge is 2.48. The number of imide groups is 1. The monoisotopic (exact) mass is 338 g/mol. The van der Waals surface area contributed by atoms with E-state index in [1.165, 1.54) is 18.2 Å². The lowest BCUT2D eigenvalue weighted by Crippen LogP contribution is -2.46. The van der Waals surface area contributed by atoms with Crippen LogP contribution >= 0.6 is 23.2 Å². The molecule has 0 spiro atoms. The molecule has 22 heavy (non-hydrogen) atoms. The lowest BCUT2D eigenvalue weighted by molar-refractivity contribution is -0.142. The van der Waals surface area contributed by atoms with Gasteiger partial charge in [0.25, 0.3) is 17.7 Å². The van der Waals surface area contributed by atoms with Gasteiger partial charge in [0.15, 0.2) is 0 Å². The highest BCUT2D eigenvalue weighted by atomic mass is 35.5. The molecule has 0 saturated carbocycles. The zero-order chi connectivity index (χ0) is 15.9. The van der Waals surface area contributed by atoms with Gasteiger partial charge in [-0.1, -0.05) is 35.4 Å². The standard InChI is InChI=1S/C15H12Cl2N2O3/c16-11-6-5-8(7-12(11)17)13(20)18-19-14(21)9-3-1-2-4-10(9)15(19)22/h1-2,5-7,9-10H,3-4H2,(H,18,20)/t9-,10+. The van der Waals surface area contributed by atoms with E-state index in [0.29, 0.717) is 17.9 Å². The Bertz CT molecular complexity index is 676. The second kappa shape index (κ2) is 5.74. The third-order valence-electron chi connectivity index (χ3n) is 3.90. The van der Waals surface area contributed by atoms with Gasteiger partial charge in [-0.15, -0.1) is 0 Å². The lowest BCUT2D eigenvalue weighted by atomic mass is 9.85. The summed E-state index contributed by atoms with van der Waals surface area (Å²) < 4.78 is 0. The summed E-state index contributed by atoms with van der Waals surface area (Å²) in [5, 5.41) is 1.38. The Morgan fingerprint density at radius 2 is 1.64 bits per heavy atom. The average molecular weight is 339 g/mol. The molecule has 0 radical (unpaired) electrons. The van der Waals surface area contributed by atoms with E-state index < -0.39 is 5.91 Å². The highest BCUT2D eigenvalue weighted by molar-refractivity contribution is 6.42. The number of nitrogens with one attached hydrogen (secondary N) is 1. The molecule has 0 unspecified atom stereocenters. The first-order valence-corrected chi connectivity index (χ1v) is 7.53. The van der Waals surface area contributed by atoms with Gasteiger partial charge in [-0.2, -0.15) is 5.01 Å². The van der Waals surface area contributed by atoms with Crippen molar-refractivity contribution in [1.82, 2.24) is 10.4 Å². The first-order chi connectivity index (χ1) is 10.5. The summed E-state index contributed by atoms with van der Waals surface area (Å²) in [6, 6.07) is 4.35. The van der Waals surface area contributed by atoms with Crippen LogP contribution in [0, 0.1) is 11.8 Å². The molecule has 0 bridgehead atoms. The number of nitrogens with zero attached hydrogens (tertiary/aromatic N) is 1. The molecule has 2 atom stereocenters. The Kier molecular flexibility index (Phi) is 3.93. The van der Waals surface area contributed by atoms with Crippen LogP contribution in [-0.4, -0.2) is 22.7 Å². The molecule has 3 rings (SSSR count). The molecule has 7 heteroatoms. The molecule has 114 valence electrons. The number of fused-ring (bicyclic) bond motifs is 1. The fourth-order valence-electron chi connectivity index (χ4n) is 2.71. The minimum atomic E-state index is -0.577. The van der Waals surface area contributed by atoms with Crippen LogP contribution in [0.2, 0.25) is 10.0 Å². The maximum Gasteiger partial charge on any atom is 0.270 e. The van der Waals surface area contributed by atoms with E-state index >= 15 is 0 Å². The van der Waals surface area contributed by atoms with Gasteiger partial charge in [-0.25, -0.2) is 0 Å². The van der Waals surface area contributed by atoms with Gasteiger partial charge in [0, 0.05) is 5.56 Å². The molecule has 3 amide bonds. The van der Waals surface area contributed by atoms with Crippen molar-refractivity contribution in [3.8, 4) is 0 Å². The Hall–Kier alpha value is -1.85. The van der Waals surface area contributed by atoms with Gasteiger partial charge >= 0.3 is 0 Å². The number of carbonyl (C=O) groups excluding carboxylic acids is 3. The Balaban J connectivity index is 1.78. The van der Waals surface area contributed by atoms with Crippen molar-refractivity contribution in [3.05, 3.63) is 46.0 Å². The normalized spacial score (nSPS) is 23.6. The van der Waals surface area contributed by atoms with Crippen LogP contribution in [0.4, 0.5) is 0 Å². The van der Waals surface area contributed by atoms with Crippen molar-refractivity contribution in [2.45, 2.75) is 12.8 Å². The molecule has 1 fully saturated rings. The Morgan fingerprint density at radius 3 is 2.18 bits per heavy atom. The second-order valence-electron chi connectivity index (χ2n) is 5.24. The smallest absolute Gasteiger partial charge is 0.270 e. The summed E-state index contributed by atoms with van der Waals surface area (Å²) >= 11 is 11.7. The molecule has 2 aliphatic rings. The average Bonchev–Trinajstić information content (AvgIpc) is 2.75. The maximum absolute atomic E-state index is 12.2. The minimum absolute atomic E-state index is 0.225. The number of allylic oxidation sites excluding steroid dienone is 2. The van der Waals surface area contributed by atoms with E-state index in [1.807, 2.05) is 12.2 Å². The second-order valence-corrected chi connectivity index (χ2v) is 6.05. The number of rotatable bonds is 2. The van der Waals surface area contributed by atoms with E-state index in [-0.39, 0.29) is 34.2 Å². The highest BCUT2D eigenvalue weighted by Crippen LogP contribution is 2.34.